The first-order chi connectivity index (χ1) is 5.70. The molecule has 0 aromatic carbocycles. The lowest BCUT2D eigenvalue weighted by molar-refractivity contribution is -0.143. The highest BCUT2D eigenvalue weighted by Gasteiger charge is 2.07. The lowest BCUT2D eigenvalue weighted by Crippen LogP contribution is -2.29. The summed E-state index contributed by atoms with van der Waals surface area (Å²) in [4.78, 5) is 10.9. The Kier molecular flexibility index (Phi) is 6.38. The number of nitrogens with one attached hydrogen (secondary N) is 1. The van der Waals surface area contributed by atoms with Crippen molar-refractivity contribution in [3.05, 3.63) is 12.7 Å². The highest BCUT2D eigenvalue weighted by molar-refractivity contribution is 5.69. The summed E-state index contributed by atoms with van der Waals surface area (Å²) in [7, 11) is 0. The third-order valence-corrected chi connectivity index (χ3v) is 1.39. The van der Waals surface area contributed by atoms with Gasteiger partial charge in [-0.05, 0) is 13.8 Å². The Hall–Kier alpha value is -0.830. The van der Waals surface area contributed by atoms with E-state index in [0.717, 1.165) is 6.54 Å². The minimum absolute atomic E-state index is 0.151. The van der Waals surface area contributed by atoms with Crippen molar-refractivity contribution >= 4 is 5.97 Å². The van der Waals surface area contributed by atoms with Crippen molar-refractivity contribution in [2.75, 3.05) is 13.2 Å². The van der Waals surface area contributed by atoms with Crippen molar-refractivity contribution in [1.29, 1.82) is 0 Å². The zero-order chi connectivity index (χ0) is 9.40. The summed E-state index contributed by atoms with van der Waals surface area (Å²) < 4.78 is 4.79. The van der Waals surface area contributed by atoms with Crippen molar-refractivity contribution in [3.8, 4) is 0 Å². The normalized spacial score (nSPS) is 12.2. The van der Waals surface area contributed by atoms with Crippen LogP contribution in [-0.2, 0) is 9.53 Å². The standard InChI is InChI=1S/C9H17NO2/c1-4-6-10-8(3)7-9(11)12-5-2/h4,8,10H,1,5-7H2,2-3H3. The molecule has 3 heteroatoms. The zero-order valence-electron chi connectivity index (χ0n) is 7.80. The lowest BCUT2D eigenvalue weighted by Gasteiger charge is -2.10. The molecule has 3 nitrogen and oxygen atoms in total. The van der Waals surface area contributed by atoms with Gasteiger partial charge in [-0.3, -0.25) is 4.79 Å². The fourth-order valence-corrected chi connectivity index (χ4v) is 0.827. The van der Waals surface area contributed by atoms with Gasteiger partial charge in [-0.2, -0.15) is 0 Å². The number of esters is 1. The van der Waals surface area contributed by atoms with Gasteiger partial charge in [-0.15, -0.1) is 6.58 Å². The Bertz CT molecular complexity index is 145. The first kappa shape index (κ1) is 11.2. The molecule has 12 heavy (non-hydrogen) atoms. The van der Waals surface area contributed by atoms with Crippen molar-refractivity contribution in [1.82, 2.24) is 5.32 Å². The summed E-state index contributed by atoms with van der Waals surface area (Å²) in [6.45, 7) is 8.49. The van der Waals surface area contributed by atoms with Gasteiger partial charge in [0.15, 0.2) is 0 Å². The fraction of sp³-hybridized carbons (Fsp3) is 0.667. The SMILES string of the molecule is C=CCNC(C)CC(=O)OCC. The minimum atomic E-state index is -0.151. The van der Waals surface area contributed by atoms with E-state index in [1.54, 1.807) is 13.0 Å². The number of hydrogen-bond acceptors (Lipinski definition) is 3. The average molecular weight is 171 g/mol. The second-order valence-corrected chi connectivity index (χ2v) is 2.61. The Morgan fingerprint density at radius 1 is 1.75 bits per heavy atom. The Balaban J connectivity index is 3.46. The maximum Gasteiger partial charge on any atom is 0.307 e. The molecule has 0 aliphatic heterocycles. The molecule has 1 unspecified atom stereocenters. The molecule has 0 fully saturated rings. The smallest absolute Gasteiger partial charge is 0.307 e. The highest BCUT2D eigenvalue weighted by Crippen LogP contribution is 1.93. The number of rotatable bonds is 6. The van der Waals surface area contributed by atoms with E-state index in [4.69, 9.17) is 4.74 Å². The molecule has 1 atom stereocenters. The molecule has 0 bridgehead atoms. The maximum atomic E-state index is 10.9. The van der Waals surface area contributed by atoms with Crippen LogP contribution in [0.2, 0.25) is 0 Å². The molecule has 0 radical (unpaired) electrons. The summed E-state index contributed by atoms with van der Waals surface area (Å²) in [6.07, 6.45) is 2.18. The van der Waals surface area contributed by atoms with Crippen LogP contribution in [0.5, 0.6) is 0 Å². The largest absolute Gasteiger partial charge is 0.466 e. The van der Waals surface area contributed by atoms with Gasteiger partial charge in [-0.1, -0.05) is 6.08 Å². The van der Waals surface area contributed by atoms with Crippen LogP contribution in [0, 0.1) is 0 Å². The van der Waals surface area contributed by atoms with Gasteiger partial charge >= 0.3 is 5.97 Å². The number of hydrogen-bond donors (Lipinski definition) is 1. The van der Waals surface area contributed by atoms with Crippen LogP contribution in [0.3, 0.4) is 0 Å². The molecule has 0 aliphatic carbocycles. The summed E-state index contributed by atoms with van der Waals surface area (Å²) in [5.41, 5.74) is 0. The summed E-state index contributed by atoms with van der Waals surface area (Å²) in [5, 5.41) is 3.10. The predicted octanol–water partition coefficient (Wildman–Crippen LogP) is 1.10. The number of carbonyl (C=O) groups excluding carboxylic acids is 1. The van der Waals surface area contributed by atoms with Gasteiger partial charge in [0.1, 0.15) is 0 Å². The third-order valence-electron chi connectivity index (χ3n) is 1.39. The van der Waals surface area contributed by atoms with Gasteiger partial charge in [0, 0.05) is 12.6 Å². The van der Waals surface area contributed by atoms with E-state index in [2.05, 4.69) is 11.9 Å². The van der Waals surface area contributed by atoms with Crippen LogP contribution in [0.4, 0.5) is 0 Å². The van der Waals surface area contributed by atoms with E-state index in [1.807, 2.05) is 6.92 Å². The van der Waals surface area contributed by atoms with Crippen LogP contribution < -0.4 is 5.32 Å². The number of ether oxygens (including phenoxy) is 1. The molecular formula is C9H17NO2. The van der Waals surface area contributed by atoms with E-state index in [1.165, 1.54) is 0 Å². The summed E-state index contributed by atoms with van der Waals surface area (Å²) in [6, 6.07) is 0.155. The average Bonchev–Trinajstić information content (AvgIpc) is 2.01. The van der Waals surface area contributed by atoms with Crippen LogP contribution in [0.1, 0.15) is 20.3 Å². The first-order valence-corrected chi connectivity index (χ1v) is 4.20. The molecule has 0 saturated heterocycles. The summed E-state index contributed by atoms with van der Waals surface area (Å²) in [5.74, 6) is -0.151. The van der Waals surface area contributed by atoms with Crippen molar-refractivity contribution < 1.29 is 9.53 Å². The minimum Gasteiger partial charge on any atom is -0.466 e. The van der Waals surface area contributed by atoms with E-state index >= 15 is 0 Å². The van der Waals surface area contributed by atoms with Gasteiger partial charge in [-0.25, -0.2) is 0 Å². The quantitative estimate of drug-likeness (QED) is 0.480. The van der Waals surface area contributed by atoms with E-state index < -0.39 is 0 Å². The maximum absolute atomic E-state index is 10.9. The molecule has 0 rings (SSSR count). The van der Waals surface area contributed by atoms with Gasteiger partial charge in [0.2, 0.25) is 0 Å². The topological polar surface area (TPSA) is 38.3 Å². The van der Waals surface area contributed by atoms with Gasteiger partial charge in [0.05, 0.1) is 13.0 Å². The molecule has 0 aromatic heterocycles. The van der Waals surface area contributed by atoms with E-state index in [0.29, 0.717) is 13.0 Å². The molecule has 0 aromatic rings. The molecule has 70 valence electrons. The molecule has 0 saturated carbocycles. The van der Waals surface area contributed by atoms with Crippen LogP contribution in [0.25, 0.3) is 0 Å². The second kappa shape index (κ2) is 6.85. The molecular weight excluding hydrogens is 154 g/mol. The van der Waals surface area contributed by atoms with Gasteiger partial charge < -0.3 is 10.1 Å². The molecule has 0 spiro atoms. The second-order valence-electron chi connectivity index (χ2n) is 2.61. The van der Waals surface area contributed by atoms with Crippen molar-refractivity contribution in [2.45, 2.75) is 26.3 Å². The molecule has 0 aliphatic rings. The molecule has 1 N–H and O–H groups in total. The zero-order valence-corrected chi connectivity index (χ0v) is 7.80. The summed E-state index contributed by atoms with van der Waals surface area (Å²) >= 11 is 0. The Morgan fingerprint density at radius 3 is 2.92 bits per heavy atom. The van der Waals surface area contributed by atoms with Crippen LogP contribution >= 0.6 is 0 Å². The predicted molar refractivity (Wildman–Crippen MR) is 48.9 cm³/mol. The molecule has 0 amide bonds. The molecule has 0 heterocycles. The highest BCUT2D eigenvalue weighted by atomic mass is 16.5. The lowest BCUT2D eigenvalue weighted by atomic mass is 10.2. The van der Waals surface area contributed by atoms with Gasteiger partial charge in [0.25, 0.3) is 0 Å². The number of carbonyl (C=O) groups is 1. The van der Waals surface area contributed by atoms with E-state index in [9.17, 15) is 4.79 Å². The van der Waals surface area contributed by atoms with Crippen molar-refractivity contribution in [3.63, 3.8) is 0 Å². The monoisotopic (exact) mass is 171 g/mol. The first-order valence-electron chi connectivity index (χ1n) is 4.20. The van der Waals surface area contributed by atoms with Crippen LogP contribution in [-0.4, -0.2) is 25.2 Å². The van der Waals surface area contributed by atoms with E-state index in [-0.39, 0.29) is 12.0 Å². The third kappa shape index (κ3) is 5.92. The van der Waals surface area contributed by atoms with Crippen molar-refractivity contribution in [2.24, 2.45) is 0 Å². The Labute approximate surface area is 73.8 Å². The van der Waals surface area contributed by atoms with Crippen LogP contribution in [0.15, 0.2) is 12.7 Å². The Morgan fingerprint density at radius 2 is 2.42 bits per heavy atom. The fourth-order valence-electron chi connectivity index (χ4n) is 0.827.